The highest BCUT2D eigenvalue weighted by atomic mass is 19.1. The van der Waals surface area contributed by atoms with E-state index in [1.54, 1.807) is 12.1 Å². The molecule has 24 rings (SSSR count). The molecule has 0 bridgehead atoms. The Morgan fingerprint density at radius 2 is 0.512 bits per heavy atom. The van der Waals surface area contributed by atoms with Crippen molar-refractivity contribution < 1.29 is 27.1 Å². The van der Waals surface area contributed by atoms with E-state index < -0.39 is 16.2 Å². The van der Waals surface area contributed by atoms with Gasteiger partial charge in [0.25, 0.3) is 0 Å². The van der Waals surface area contributed by atoms with Crippen molar-refractivity contribution in [1.82, 2.24) is 0 Å². The number of furan rings is 2. The van der Waals surface area contributed by atoms with Crippen LogP contribution in [-0.2, 0) is 16.2 Å². The Bertz CT molecular complexity index is 7330. The first-order valence-corrected chi connectivity index (χ1v) is 41.6. The summed E-state index contributed by atoms with van der Waals surface area (Å²) in [6.07, 6.45) is 3.64. The van der Waals surface area contributed by atoms with Crippen molar-refractivity contribution >= 4 is 90.2 Å². The first-order chi connectivity index (χ1) is 60.6. The van der Waals surface area contributed by atoms with Crippen LogP contribution in [0.1, 0.15) is 77.9 Å². The van der Waals surface area contributed by atoms with Crippen molar-refractivity contribution in [2.75, 3.05) is 9.80 Å². The summed E-state index contributed by atoms with van der Waals surface area (Å²) in [5.74, 6) is 2.07. The third kappa shape index (κ3) is 10.7. The van der Waals surface area contributed by atoms with E-state index in [9.17, 15) is 0 Å². The molecule has 123 heavy (non-hydrogen) atoms. The standard InChI is InChI=1S/C115H72F2N2O4/c1-3-71-35-49-85(50-36-71)120-87-53-39-73(40-54-87)113(75-19-17-21-77(116)63-75)101-29-11-5-23-89(101)93-57-43-79(65-105(93)113)118(83-47-61-99-97-27-9-15-33-109(97)122-111(99)69-83)81-45-59-95-91-25-7-13-31-103(91)115(107(95)67-81)104-32-14-8-26-92(104)96-60-46-82(68-108(96)115)119(84-48-62-100-98-28-10-16-34-110(98)123-112(100)70-84)80-44-58-94-90-24-6-12-30-102(90)114(106(94)66-80,76-20-18-22-78(117)64-76)74-41-55-88(56-42-74)121-86-51-37-72(4-2)38-52-86/h3-70H,1-2H2. The Kier molecular flexibility index (Phi) is 16.0. The lowest BCUT2D eigenvalue weighted by Gasteiger charge is -2.35. The summed E-state index contributed by atoms with van der Waals surface area (Å²) in [6.45, 7) is 7.91. The predicted molar refractivity (Wildman–Crippen MR) is 494 cm³/mol. The third-order valence-electron chi connectivity index (χ3n) is 26.2. The Balaban J connectivity index is 0.714. The molecule has 18 aromatic carbocycles. The van der Waals surface area contributed by atoms with Crippen LogP contribution in [0.25, 0.3) is 101 Å². The smallest absolute Gasteiger partial charge is 0.137 e. The van der Waals surface area contributed by atoms with Crippen LogP contribution in [0.15, 0.2) is 422 Å². The number of rotatable bonds is 16. The van der Waals surface area contributed by atoms with Crippen LogP contribution in [0.4, 0.5) is 42.9 Å². The van der Waals surface area contributed by atoms with E-state index in [1.165, 1.54) is 23.3 Å². The van der Waals surface area contributed by atoms with Crippen LogP contribution in [-0.4, -0.2) is 0 Å². The van der Waals surface area contributed by atoms with E-state index in [1.807, 2.05) is 121 Å². The molecule has 1 spiro atoms. The van der Waals surface area contributed by atoms with Gasteiger partial charge in [0.2, 0.25) is 0 Å². The van der Waals surface area contributed by atoms with Crippen molar-refractivity contribution in [3.63, 3.8) is 0 Å². The van der Waals surface area contributed by atoms with Gasteiger partial charge in [-0.25, -0.2) is 8.78 Å². The zero-order valence-electron chi connectivity index (χ0n) is 66.5. The maximum Gasteiger partial charge on any atom is 0.137 e. The number of anilines is 6. The number of fused-ring (bicyclic) bond motifs is 22. The van der Waals surface area contributed by atoms with Gasteiger partial charge >= 0.3 is 0 Å². The Morgan fingerprint density at radius 3 is 0.862 bits per heavy atom. The van der Waals surface area contributed by atoms with E-state index in [4.69, 9.17) is 18.3 Å². The second-order valence-electron chi connectivity index (χ2n) is 32.4. The maximum absolute atomic E-state index is 16.5. The van der Waals surface area contributed by atoms with Crippen molar-refractivity contribution in [1.29, 1.82) is 0 Å². The highest BCUT2D eigenvalue weighted by Gasteiger charge is 2.54. The molecule has 0 saturated carbocycles. The van der Waals surface area contributed by atoms with Crippen molar-refractivity contribution in [2.45, 2.75) is 16.2 Å². The van der Waals surface area contributed by atoms with Crippen LogP contribution in [0.3, 0.4) is 0 Å². The second-order valence-corrected chi connectivity index (χ2v) is 32.4. The minimum absolute atomic E-state index is 0.333. The van der Waals surface area contributed by atoms with Gasteiger partial charge in [0.15, 0.2) is 0 Å². The van der Waals surface area contributed by atoms with Crippen molar-refractivity contribution in [3.8, 4) is 67.5 Å². The van der Waals surface area contributed by atoms with Gasteiger partial charge in [-0.2, -0.15) is 0 Å². The largest absolute Gasteiger partial charge is 0.457 e. The lowest BCUT2D eigenvalue weighted by molar-refractivity contribution is 0.482. The fourth-order valence-corrected chi connectivity index (χ4v) is 21.0. The van der Waals surface area contributed by atoms with Crippen molar-refractivity contribution in [3.05, 3.63) is 503 Å². The monoisotopic (exact) mass is 1580 g/mol. The van der Waals surface area contributed by atoms with E-state index in [2.05, 4.69) is 290 Å². The fourth-order valence-electron chi connectivity index (χ4n) is 21.0. The van der Waals surface area contributed by atoms with Crippen LogP contribution < -0.4 is 19.3 Å². The van der Waals surface area contributed by atoms with Gasteiger partial charge in [-0.15, -0.1) is 0 Å². The fraction of sp³-hybridized carbons (Fsp3) is 0.0261. The Labute approximate surface area is 709 Å². The summed E-state index contributed by atoms with van der Waals surface area (Å²) in [4.78, 5) is 4.77. The number of hydrogen-bond acceptors (Lipinski definition) is 6. The molecule has 0 fully saturated rings. The predicted octanol–water partition coefficient (Wildman–Crippen LogP) is 30.6. The molecule has 0 amide bonds. The topological polar surface area (TPSA) is 51.2 Å². The van der Waals surface area contributed by atoms with Crippen LogP contribution in [0, 0.1) is 11.6 Å². The van der Waals surface area contributed by atoms with Gasteiger partial charge in [-0.1, -0.05) is 256 Å². The van der Waals surface area contributed by atoms with Gasteiger partial charge < -0.3 is 28.1 Å². The van der Waals surface area contributed by atoms with Gasteiger partial charge in [0.1, 0.15) is 57.0 Å². The molecule has 0 N–H and O–H groups in total. The van der Waals surface area contributed by atoms with Crippen LogP contribution >= 0.6 is 0 Å². The number of ether oxygens (including phenoxy) is 2. The lowest BCUT2D eigenvalue weighted by atomic mass is 9.67. The summed E-state index contributed by atoms with van der Waals surface area (Å²) < 4.78 is 59.9. The second kappa shape index (κ2) is 27.6. The van der Waals surface area contributed by atoms with Crippen molar-refractivity contribution in [2.24, 2.45) is 0 Å². The lowest BCUT2D eigenvalue weighted by Crippen LogP contribution is -2.29. The molecule has 8 heteroatoms. The van der Waals surface area contributed by atoms with Gasteiger partial charge in [-0.05, 0) is 280 Å². The maximum atomic E-state index is 16.5. The van der Waals surface area contributed by atoms with Crippen LogP contribution in [0.5, 0.6) is 23.0 Å². The molecule has 4 aliphatic rings. The summed E-state index contributed by atoms with van der Waals surface area (Å²) in [7, 11) is 0. The zero-order chi connectivity index (χ0) is 81.8. The zero-order valence-corrected chi connectivity index (χ0v) is 66.5. The summed E-state index contributed by atoms with van der Waals surface area (Å²) in [5, 5.41) is 4.08. The highest BCUT2D eigenvalue weighted by Crippen LogP contribution is 2.66. The van der Waals surface area contributed by atoms with E-state index in [0.29, 0.717) is 23.0 Å². The molecule has 6 nitrogen and oxygen atoms in total. The van der Waals surface area contributed by atoms with E-state index >= 15 is 8.78 Å². The molecule has 0 saturated heterocycles. The Hall–Kier alpha value is -15.9. The third-order valence-corrected chi connectivity index (χ3v) is 26.2. The van der Waals surface area contributed by atoms with E-state index in [-0.39, 0.29) is 11.6 Å². The molecule has 2 atom stereocenters. The minimum atomic E-state index is -1.02. The van der Waals surface area contributed by atoms with Gasteiger partial charge in [-0.3, -0.25) is 0 Å². The molecule has 4 aliphatic carbocycles. The molecular weight excluding hydrogens is 1510 g/mol. The summed E-state index contributed by atoms with van der Waals surface area (Å²) in [5.41, 5.74) is 28.3. The average Bonchev–Trinajstić information content (AvgIpc) is 1.54. The normalized spacial score (nSPS) is 15.9. The molecular formula is C115H72F2N2O4. The summed E-state index contributed by atoms with van der Waals surface area (Å²) >= 11 is 0. The summed E-state index contributed by atoms with van der Waals surface area (Å²) in [6, 6.07) is 139. The first kappa shape index (κ1) is 71.2. The number of halogens is 2. The number of benzene rings is 18. The molecule has 0 aliphatic heterocycles. The molecule has 2 aromatic heterocycles. The average molecular weight is 1580 g/mol. The molecule has 580 valence electrons. The number of para-hydroxylation sites is 2. The SMILES string of the molecule is C=Cc1ccc(Oc2ccc(C3(c4cccc(F)c4)c4ccccc4-c4ccc(N(c5ccc6c(c5)C5(c7ccccc7-6)c6ccccc6-c6ccc(N(c7ccc8c(c7)C(c7ccc(Oc9ccc(C=C)cc9)cc7)(c7cccc(F)c7)c7ccccc7-8)c7ccc8c(c7)oc7ccccc78)cc65)c5ccc6c(c5)oc5ccccc56)cc43)cc2)cc1. The Morgan fingerprint density at radius 1 is 0.228 bits per heavy atom. The quantitative estimate of drug-likeness (QED) is 0.0961. The molecule has 0 radical (unpaired) electrons. The number of nitrogens with zero attached hydrogens (tertiary/aromatic N) is 2. The first-order valence-electron chi connectivity index (χ1n) is 41.6. The van der Waals surface area contributed by atoms with Gasteiger partial charge in [0, 0.05) is 67.8 Å². The number of hydrogen-bond donors (Lipinski definition) is 0. The van der Waals surface area contributed by atoms with Gasteiger partial charge in [0.05, 0.1) is 16.2 Å². The van der Waals surface area contributed by atoms with E-state index in [0.717, 1.165) is 189 Å². The molecule has 20 aromatic rings. The van der Waals surface area contributed by atoms with Crippen LogP contribution in [0.2, 0.25) is 0 Å². The minimum Gasteiger partial charge on any atom is -0.457 e. The molecule has 2 heterocycles. The highest BCUT2D eigenvalue weighted by molar-refractivity contribution is 6.08. The molecule has 2 unspecified atom stereocenters.